The molecule has 0 radical (unpaired) electrons. The van der Waals surface area contributed by atoms with E-state index < -0.39 is 5.60 Å². The number of carbonyl (C=O) groups excluding carboxylic acids is 2. The van der Waals surface area contributed by atoms with E-state index in [2.05, 4.69) is 11.9 Å². The maximum Gasteiger partial charge on any atom is 0.410 e. The van der Waals surface area contributed by atoms with Gasteiger partial charge in [-0.1, -0.05) is 6.58 Å². The van der Waals surface area contributed by atoms with Crippen molar-refractivity contribution in [1.82, 2.24) is 10.2 Å². The Balaban J connectivity index is 2.37. The molecule has 1 heterocycles. The standard InChI is InChI=1S/C13H22N2O3/c1-5-11(16)14-10-6-8-15(9-7-10)12(17)18-13(2,3)4/h5,10H,1,6-9H2,2-4H3,(H,14,16). The first-order chi connectivity index (χ1) is 8.31. The zero-order valence-corrected chi connectivity index (χ0v) is 11.4. The van der Waals surface area contributed by atoms with Crippen LogP contribution in [-0.2, 0) is 9.53 Å². The largest absolute Gasteiger partial charge is 0.444 e. The van der Waals surface area contributed by atoms with Crippen LogP contribution in [-0.4, -0.2) is 41.6 Å². The molecule has 1 rings (SSSR count). The van der Waals surface area contributed by atoms with Crippen LogP contribution in [0.4, 0.5) is 4.79 Å². The summed E-state index contributed by atoms with van der Waals surface area (Å²) in [6.07, 6.45) is 2.48. The van der Waals surface area contributed by atoms with Crippen molar-refractivity contribution in [2.45, 2.75) is 45.3 Å². The molecule has 0 aromatic heterocycles. The molecule has 1 fully saturated rings. The molecule has 5 nitrogen and oxygen atoms in total. The van der Waals surface area contributed by atoms with Crippen molar-refractivity contribution in [3.8, 4) is 0 Å². The Morgan fingerprint density at radius 3 is 2.33 bits per heavy atom. The molecule has 0 saturated carbocycles. The highest BCUT2D eigenvalue weighted by molar-refractivity contribution is 5.87. The number of piperidine rings is 1. The fourth-order valence-electron chi connectivity index (χ4n) is 1.79. The molecule has 1 aliphatic heterocycles. The number of nitrogens with zero attached hydrogens (tertiary/aromatic N) is 1. The first-order valence-electron chi connectivity index (χ1n) is 6.22. The molecule has 0 aliphatic carbocycles. The van der Waals surface area contributed by atoms with Gasteiger partial charge >= 0.3 is 6.09 Å². The van der Waals surface area contributed by atoms with Crippen LogP contribution in [0.15, 0.2) is 12.7 Å². The van der Waals surface area contributed by atoms with E-state index in [9.17, 15) is 9.59 Å². The number of nitrogens with one attached hydrogen (secondary N) is 1. The Hall–Kier alpha value is -1.52. The van der Waals surface area contributed by atoms with Crippen LogP contribution in [0.3, 0.4) is 0 Å². The van der Waals surface area contributed by atoms with Crippen molar-refractivity contribution in [2.24, 2.45) is 0 Å². The summed E-state index contributed by atoms with van der Waals surface area (Å²) in [5.41, 5.74) is -0.467. The molecule has 0 spiro atoms. The SMILES string of the molecule is C=CC(=O)NC1CCN(C(=O)OC(C)(C)C)CC1. The normalized spacial score (nSPS) is 17.2. The summed E-state index contributed by atoms with van der Waals surface area (Å²) in [6, 6.07) is 0.120. The van der Waals surface area contributed by atoms with Gasteiger partial charge in [0.1, 0.15) is 5.60 Å². The van der Waals surface area contributed by atoms with Crippen molar-refractivity contribution in [3.63, 3.8) is 0 Å². The van der Waals surface area contributed by atoms with E-state index in [4.69, 9.17) is 4.74 Å². The van der Waals surface area contributed by atoms with Gasteiger partial charge in [-0.25, -0.2) is 4.79 Å². The van der Waals surface area contributed by atoms with Crippen LogP contribution >= 0.6 is 0 Å². The number of rotatable bonds is 2. The molecule has 0 atom stereocenters. The van der Waals surface area contributed by atoms with Crippen LogP contribution in [0.25, 0.3) is 0 Å². The van der Waals surface area contributed by atoms with Crippen molar-refractivity contribution in [1.29, 1.82) is 0 Å². The molecular weight excluding hydrogens is 232 g/mol. The molecular formula is C13H22N2O3. The summed E-state index contributed by atoms with van der Waals surface area (Å²) in [7, 11) is 0. The molecule has 0 unspecified atom stereocenters. The number of hydrogen-bond acceptors (Lipinski definition) is 3. The van der Waals surface area contributed by atoms with E-state index in [1.807, 2.05) is 20.8 Å². The van der Waals surface area contributed by atoms with E-state index in [0.29, 0.717) is 13.1 Å². The fourth-order valence-corrected chi connectivity index (χ4v) is 1.79. The average molecular weight is 254 g/mol. The number of carbonyl (C=O) groups is 2. The Kier molecular flexibility index (Phi) is 4.76. The average Bonchev–Trinajstić information content (AvgIpc) is 2.27. The highest BCUT2D eigenvalue weighted by Crippen LogP contribution is 2.15. The predicted octanol–water partition coefficient (Wildman–Crippen LogP) is 1.69. The van der Waals surface area contributed by atoms with Crippen molar-refractivity contribution >= 4 is 12.0 Å². The molecule has 18 heavy (non-hydrogen) atoms. The molecule has 0 aromatic rings. The minimum atomic E-state index is -0.467. The molecule has 1 aliphatic rings. The zero-order valence-electron chi connectivity index (χ0n) is 11.4. The van der Waals surface area contributed by atoms with Gasteiger partial charge in [-0.05, 0) is 39.7 Å². The number of ether oxygens (including phenoxy) is 1. The third-order valence-corrected chi connectivity index (χ3v) is 2.68. The first-order valence-corrected chi connectivity index (χ1v) is 6.22. The number of amides is 2. The van der Waals surface area contributed by atoms with Gasteiger partial charge in [0.05, 0.1) is 0 Å². The first kappa shape index (κ1) is 14.5. The van der Waals surface area contributed by atoms with Crippen molar-refractivity contribution < 1.29 is 14.3 Å². The summed E-state index contributed by atoms with van der Waals surface area (Å²) >= 11 is 0. The lowest BCUT2D eigenvalue weighted by Crippen LogP contribution is -2.47. The van der Waals surface area contributed by atoms with E-state index >= 15 is 0 Å². The molecule has 0 bridgehead atoms. The topological polar surface area (TPSA) is 58.6 Å². The highest BCUT2D eigenvalue weighted by Gasteiger charge is 2.26. The molecule has 0 aromatic carbocycles. The maximum atomic E-state index is 11.8. The van der Waals surface area contributed by atoms with Crippen molar-refractivity contribution in [3.05, 3.63) is 12.7 Å². The summed E-state index contributed by atoms with van der Waals surface area (Å²) in [6.45, 7) is 10.2. The van der Waals surface area contributed by atoms with E-state index in [0.717, 1.165) is 12.8 Å². The van der Waals surface area contributed by atoms with Crippen LogP contribution in [0, 0.1) is 0 Å². The monoisotopic (exact) mass is 254 g/mol. The second-order valence-corrected chi connectivity index (χ2v) is 5.45. The molecule has 1 N–H and O–H groups in total. The Labute approximate surface area is 108 Å². The Morgan fingerprint density at radius 1 is 1.33 bits per heavy atom. The summed E-state index contributed by atoms with van der Waals surface area (Å²) < 4.78 is 5.30. The third kappa shape index (κ3) is 4.77. The highest BCUT2D eigenvalue weighted by atomic mass is 16.6. The molecule has 102 valence electrons. The summed E-state index contributed by atoms with van der Waals surface area (Å²) in [5.74, 6) is -0.161. The van der Waals surface area contributed by atoms with E-state index in [-0.39, 0.29) is 18.0 Å². The maximum absolute atomic E-state index is 11.8. The summed E-state index contributed by atoms with van der Waals surface area (Å²) in [4.78, 5) is 24.6. The zero-order chi connectivity index (χ0) is 13.8. The molecule has 5 heteroatoms. The van der Waals surface area contributed by atoms with Crippen LogP contribution in [0.5, 0.6) is 0 Å². The van der Waals surface area contributed by atoms with Gasteiger partial charge in [-0.3, -0.25) is 4.79 Å². The van der Waals surface area contributed by atoms with Crippen molar-refractivity contribution in [2.75, 3.05) is 13.1 Å². The third-order valence-electron chi connectivity index (χ3n) is 2.68. The fraction of sp³-hybridized carbons (Fsp3) is 0.692. The van der Waals surface area contributed by atoms with Gasteiger partial charge in [0.2, 0.25) is 5.91 Å². The molecule has 1 saturated heterocycles. The predicted molar refractivity (Wildman–Crippen MR) is 69.2 cm³/mol. The molecule has 2 amide bonds. The number of hydrogen-bond donors (Lipinski definition) is 1. The Morgan fingerprint density at radius 2 is 1.89 bits per heavy atom. The van der Waals surface area contributed by atoms with Gasteiger partial charge in [0.15, 0.2) is 0 Å². The second-order valence-electron chi connectivity index (χ2n) is 5.45. The van der Waals surface area contributed by atoms with Gasteiger partial charge < -0.3 is 15.0 Å². The Bertz CT molecular complexity index is 326. The van der Waals surface area contributed by atoms with Gasteiger partial charge in [-0.2, -0.15) is 0 Å². The van der Waals surface area contributed by atoms with E-state index in [1.54, 1.807) is 4.90 Å². The minimum absolute atomic E-state index is 0.120. The van der Waals surface area contributed by atoms with Crippen LogP contribution in [0.1, 0.15) is 33.6 Å². The van der Waals surface area contributed by atoms with Gasteiger partial charge in [0, 0.05) is 19.1 Å². The lowest BCUT2D eigenvalue weighted by atomic mass is 10.1. The van der Waals surface area contributed by atoms with Gasteiger partial charge in [-0.15, -0.1) is 0 Å². The quantitative estimate of drug-likeness (QED) is 0.763. The smallest absolute Gasteiger partial charge is 0.410 e. The van der Waals surface area contributed by atoms with Crippen LogP contribution in [0.2, 0.25) is 0 Å². The second kappa shape index (κ2) is 5.89. The van der Waals surface area contributed by atoms with E-state index in [1.165, 1.54) is 6.08 Å². The summed E-state index contributed by atoms with van der Waals surface area (Å²) in [5, 5.41) is 2.84. The minimum Gasteiger partial charge on any atom is -0.444 e. The van der Waals surface area contributed by atoms with Crippen LogP contribution < -0.4 is 5.32 Å². The number of likely N-dealkylation sites (tertiary alicyclic amines) is 1. The van der Waals surface area contributed by atoms with Gasteiger partial charge in [0.25, 0.3) is 0 Å². The lowest BCUT2D eigenvalue weighted by molar-refractivity contribution is -0.117. The lowest BCUT2D eigenvalue weighted by Gasteiger charge is -2.33.